The Labute approximate surface area is 194 Å². The Morgan fingerprint density at radius 3 is 2.94 bits per heavy atom. The summed E-state index contributed by atoms with van der Waals surface area (Å²) >= 11 is 1.38. The predicted molar refractivity (Wildman–Crippen MR) is 123 cm³/mol. The van der Waals surface area contributed by atoms with Crippen LogP contribution in [-0.2, 0) is 11.3 Å². The largest absolute Gasteiger partial charge is 0.496 e. The van der Waals surface area contributed by atoms with Gasteiger partial charge in [0, 0.05) is 29.0 Å². The van der Waals surface area contributed by atoms with Crippen molar-refractivity contribution >= 4 is 35.3 Å². The van der Waals surface area contributed by atoms with Gasteiger partial charge in [0.2, 0.25) is 11.9 Å². The fraction of sp³-hybridized carbons (Fsp3) is 0.381. The van der Waals surface area contributed by atoms with Crippen molar-refractivity contribution < 1.29 is 14.1 Å². The highest BCUT2D eigenvalue weighted by molar-refractivity contribution is 8.00. The number of carbonyl (C=O) groups excluding carboxylic acids is 1. The molecule has 0 fully saturated rings. The van der Waals surface area contributed by atoms with Crippen molar-refractivity contribution in [1.29, 1.82) is 0 Å². The second kappa shape index (κ2) is 8.19. The van der Waals surface area contributed by atoms with Crippen LogP contribution >= 0.6 is 11.8 Å². The summed E-state index contributed by atoms with van der Waals surface area (Å²) in [7, 11) is 1.66. The van der Waals surface area contributed by atoms with Gasteiger partial charge in [0.25, 0.3) is 0 Å². The molecule has 5 rings (SSSR count). The van der Waals surface area contributed by atoms with Gasteiger partial charge in [0.1, 0.15) is 16.5 Å². The molecule has 1 amide bonds. The number of rotatable bonds is 5. The molecule has 5 heterocycles. The summed E-state index contributed by atoms with van der Waals surface area (Å²) in [6.07, 6.45) is 2.36. The zero-order chi connectivity index (χ0) is 23.3. The Hall–Kier alpha value is -3.38. The van der Waals surface area contributed by atoms with E-state index in [-0.39, 0.29) is 23.1 Å². The number of aromatic nitrogens is 4. The monoisotopic (exact) mass is 468 g/mol. The number of nitrogens with zero attached hydrogens (tertiary/aromatic N) is 5. The molecule has 0 aliphatic carbocycles. The molecule has 2 aliphatic rings. The van der Waals surface area contributed by atoms with E-state index in [4.69, 9.17) is 15.0 Å². The van der Waals surface area contributed by atoms with E-state index in [1.807, 2.05) is 18.9 Å². The lowest BCUT2D eigenvalue weighted by atomic mass is 10.0. The number of carbonyl (C=O) groups is 1. The van der Waals surface area contributed by atoms with Crippen LogP contribution in [0.15, 0.2) is 21.8 Å². The first kappa shape index (κ1) is 21.5. The minimum Gasteiger partial charge on any atom is -0.496 e. The van der Waals surface area contributed by atoms with Crippen molar-refractivity contribution in [1.82, 2.24) is 25.5 Å². The van der Waals surface area contributed by atoms with Gasteiger partial charge in [0.15, 0.2) is 11.6 Å². The molecule has 0 bridgehead atoms. The Morgan fingerprint density at radius 1 is 1.39 bits per heavy atom. The van der Waals surface area contributed by atoms with E-state index < -0.39 is 0 Å². The molecule has 12 heteroatoms. The molecule has 3 aromatic heterocycles. The van der Waals surface area contributed by atoms with Gasteiger partial charge in [-0.3, -0.25) is 14.8 Å². The maximum Gasteiger partial charge on any atom is 0.239 e. The van der Waals surface area contributed by atoms with Crippen LogP contribution in [0.25, 0.3) is 0 Å². The molecule has 0 radical (unpaired) electrons. The van der Waals surface area contributed by atoms with Crippen molar-refractivity contribution in [2.45, 2.75) is 50.1 Å². The standard InChI is InChI=1S/C21H24N8O3S/c1-9-7-23-13(11(3)17(9)31-4)8-29-18-16-12(27-29)6-14(33-20(16)26-21(22)25-18)19(30)24-15-5-10(2)32-28-15/h5,7,12,14,27H,6,8H2,1-4H3,(H2,22,25,26)(H,24,28,30). The number of hydrogen-bond acceptors (Lipinski definition) is 11. The number of ether oxygens (including phenoxy) is 1. The molecule has 2 atom stereocenters. The molecular formula is C21H24N8O3S. The van der Waals surface area contributed by atoms with Gasteiger partial charge in [0.05, 0.1) is 30.6 Å². The quantitative estimate of drug-likeness (QED) is 0.475. The van der Waals surface area contributed by atoms with Crippen LogP contribution in [0.2, 0.25) is 0 Å². The highest BCUT2D eigenvalue weighted by Crippen LogP contribution is 2.47. The van der Waals surface area contributed by atoms with E-state index in [1.54, 1.807) is 26.3 Å². The minimum absolute atomic E-state index is 0.126. The second-order valence-electron chi connectivity index (χ2n) is 8.09. The van der Waals surface area contributed by atoms with Gasteiger partial charge >= 0.3 is 0 Å². The zero-order valence-electron chi connectivity index (χ0n) is 18.7. The molecule has 172 valence electrons. The zero-order valence-corrected chi connectivity index (χ0v) is 19.5. The average Bonchev–Trinajstić information content (AvgIpc) is 3.33. The number of methoxy groups -OCH3 is 1. The van der Waals surface area contributed by atoms with E-state index in [1.165, 1.54) is 11.8 Å². The van der Waals surface area contributed by atoms with Crippen LogP contribution < -0.4 is 26.2 Å². The first-order chi connectivity index (χ1) is 15.8. The Balaban J connectivity index is 1.41. The SMILES string of the molecule is COc1c(C)cnc(CN2NC3CC(C(=O)Nc4cc(C)on4)Sc4nc(N)nc2c43)c1C. The van der Waals surface area contributed by atoms with Gasteiger partial charge in [-0.05, 0) is 27.2 Å². The van der Waals surface area contributed by atoms with Crippen LogP contribution in [-0.4, -0.2) is 38.4 Å². The number of pyridine rings is 1. The lowest BCUT2D eigenvalue weighted by Gasteiger charge is -2.26. The summed E-state index contributed by atoms with van der Waals surface area (Å²) in [5, 5.41) is 8.90. The van der Waals surface area contributed by atoms with E-state index in [0.717, 1.165) is 28.1 Å². The Bertz CT molecular complexity index is 1250. The van der Waals surface area contributed by atoms with Crippen molar-refractivity contribution in [3.8, 4) is 5.75 Å². The Morgan fingerprint density at radius 2 is 2.21 bits per heavy atom. The summed E-state index contributed by atoms with van der Waals surface area (Å²) in [5.41, 5.74) is 13.3. The molecule has 0 saturated carbocycles. The number of thioether (sulfide) groups is 1. The first-order valence-electron chi connectivity index (χ1n) is 10.4. The molecule has 11 nitrogen and oxygen atoms in total. The second-order valence-corrected chi connectivity index (χ2v) is 9.28. The minimum atomic E-state index is -0.381. The van der Waals surface area contributed by atoms with Gasteiger partial charge in [-0.1, -0.05) is 16.9 Å². The molecule has 0 spiro atoms. The summed E-state index contributed by atoms with van der Waals surface area (Å²) in [4.78, 5) is 26.4. The number of hydrazine groups is 1. The number of hydrogen-bond donors (Lipinski definition) is 3. The van der Waals surface area contributed by atoms with Crippen LogP contribution in [0.4, 0.5) is 17.6 Å². The van der Waals surface area contributed by atoms with Crippen molar-refractivity contribution in [2.24, 2.45) is 0 Å². The topological polar surface area (TPSA) is 144 Å². The number of nitrogens with two attached hydrogens (primary N) is 1. The Kier molecular flexibility index (Phi) is 5.33. The molecule has 0 saturated heterocycles. The maximum atomic E-state index is 12.9. The first-order valence-corrected chi connectivity index (χ1v) is 11.3. The van der Waals surface area contributed by atoms with Gasteiger partial charge < -0.3 is 20.3 Å². The third-order valence-corrected chi connectivity index (χ3v) is 6.98. The fourth-order valence-corrected chi connectivity index (χ4v) is 5.46. The number of anilines is 3. The van der Waals surface area contributed by atoms with E-state index in [9.17, 15) is 4.79 Å². The molecule has 2 unspecified atom stereocenters. The maximum absolute atomic E-state index is 12.9. The lowest BCUT2D eigenvalue weighted by Crippen LogP contribution is -2.38. The van der Waals surface area contributed by atoms with Gasteiger partial charge in [-0.15, -0.1) is 0 Å². The van der Waals surface area contributed by atoms with Crippen LogP contribution in [0.1, 0.15) is 40.6 Å². The smallest absolute Gasteiger partial charge is 0.239 e. The molecular weight excluding hydrogens is 444 g/mol. The van der Waals surface area contributed by atoms with E-state index in [2.05, 4.69) is 30.9 Å². The molecule has 0 aromatic carbocycles. The fourth-order valence-electron chi connectivity index (χ4n) is 4.23. The molecule has 3 aromatic rings. The van der Waals surface area contributed by atoms with Crippen LogP contribution in [0.5, 0.6) is 5.75 Å². The summed E-state index contributed by atoms with van der Waals surface area (Å²) in [6.45, 7) is 6.18. The number of amides is 1. The number of nitrogens with one attached hydrogen (secondary N) is 2. The van der Waals surface area contributed by atoms with Gasteiger partial charge in [-0.25, -0.2) is 10.4 Å². The van der Waals surface area contributed by atoms with Crippen molar-refractivity contribution in [3.05, 3.63) is 40.4 Å². The van der Waals surface area contributed by atoms with E-state index >= 15 is 0 Å². The van der Waals surface area contributed by atoms with Crippen molar-refractivity contribution in [2.75, 3.05) is 23.2 Å². The summed E-state index contributed by atoms with van der Waals surface area (Å²) in [6, 6.07) is 1.55. The van der Waals surface area contributed by atoms with Crippen LogP contribution in [0.3, 0.4) is 0 Å². The molecule has 33 heavy (non-hydrogen) atoms. The van der Waals surface area contributed by atoms with E-state index in [0.29, 0.717) is 35.4 Å². The third-order valence-electron chi connectivity index (χ3n) is 5.76. The molecule has 2 aliphatic heterocycles. The summed E-state index contributed by atoms with van der Waals surface area (Å²) < 4.78 is 10.6. The molecule has 4 N–H and O–H groups in total. The lowest BCUT2D eigenvalue weighted by molar-refractivity contribution is -0.116. The van der Waals surface area contributed by atoms with Gasteiger partial charge in [-0.2, -0.15) is 4.98 Å². The average molecular weight is 469 g/mol. The normalized spacial score (nSPS) is 18.8. The highest BCUT2D eigenvalue weighted by Gasteiger charge is 2.42. The number of nitrogen functional groups attached to an aromatic ring is 1. The van der Waals surface area contributed by atoms with Crippen LogP contribution in [0, 0.1) is 20.8 Å². The third kappa shape index (κ3) is 3.85. The number of aryl methyl sites for hydroxylation is 2. The van der Waals surface area contributed by atoms with Crippen molar-refractivity contribution in [3.63, 3.8) is 0 Å². The predicted octanol–water partition coefficient (Wildman–Crippen LogP) is 2.44. The highest BCUT2D eigenvalue weighted by atomic mass is 32.2. The summed E-state index contributed by atoms with van der Waals surface area (Å²) in [5.74, 6) is 2.53.